The lowest BCUT2D eigenvalue weighted by molar-refractivity contribution is 0.880. The van der Waals surface area contributed by atoms with Crippen LogP contribution in [0.5, 0.6) is 0 Å². The monoisotopic (exact) mass is 214 g/mol. The van der Waals surface area contributed by atoms with Gasteiger partial charge in [0.15, 0.2) is 0 Å². The summed E-state index contributed by atoms with van der Waals surface area (Å²) in [5, 5.41) is 4.86. The number of para-hydroxylation sites is 1. The van der Waals surface area contributed by atoms with Crippen LogP contribution in [-0.4, -0.2) is 11.1 Å². The lowest BCUT2D eigenvalue weighted by Crippen LogP contribution is -1.94. The zero-order valence-electron chi connectivity index (χ0n) is 9.51. The van der Waals surface area contributed by atoms with Crippen LogP contribution in [0, 0.1) is 6.92 Å². The zero-order chi connectivity index (χ0) is 11.5. The van der Waals surface area contributed by atoms with Crippen LogP contribution in [0.2, 0.25) is 0 Å². The topological polar surface area (TPSA) is 53.7 Å². The summed E-state index contributed by atoms with van der Waals surface area (Å²) in [5.41, 5.74) is 12.0. The molecule has 0 bridgehead atoms. The van der Waals surface area contributed by atoms with Crippen LogP contribution in [-0.2, 0) is 13.5 Å². The summed E-state index contributed by atoms with van der Waals surface area (Å²) in [7, 11) is 2.06. The molecule has 0 fully saturated rings. The fraction of sp³-hybridized carbons (Fsp3) is 0.333. The summed E-state index contributed by atoms with van der Waals surface area (Å²) in [5.74, 6) is 0. The maximum absolute atomic E-state index is 8.29. The van der Waals surface area contributed by atoms with Crippen molar-refractivity contribution in [2.24, 2.45) is 12.2 Å². The molecule has 0 saturated carbocycles. The molecule has 4 nitrogen and oxygen atoms in total. The van der Waals surface area contributed by atoms with Gasteiger partial charge in [0.25, 0.3) is 0 Å². The second-order valence-corrected chi connectivity index (χ2v) is 3.84. The molecule has 0 aliphatic rings. The molecular formula is C12H14N4. The number of aromatic nitrogens is 1. The van der Waals surface area contributed by atoms with Crippen molar-refractivity contribution in [2.75, 3.05) is 6.54 Å². The number of rotatable bonds is 3. The van der Waals surface area contributed by atoms with Gasteiger partial charge in [-0.3, -0.25) is 0 Å². The normalized spacial score (nSPS) is 10.4. The number of hydrogen-bond acceptors (Lipinski definition) is 1. The first-order chi connectivity index (χ1) is 7.75. The SMILES string of the molecule is Cc1c(CCN=[N+]=[N-])c2ccccc2n1C. The van der Waals surface area contributed by atoms with Crippen molar-refractivity contribution in [1.29, 1.82) is 0 Å². The van der Waals surface area contributed by atoms with Crippen LogP contribution < -0.4 is 0 Å². The molecule has 16 heavy (non-hydrogen) atoms. The molecular weight excluding hydrogens is 200 g/mol. The highest BCUT2D eigenvalue weighted by atomic mass is 15.1. The number of nitrogens with zero attached hydrogens (tertiary/aromatic N) is 4. The van der Waals surface area contributed by atoms with Crippen molar-refractivity contribution in [2.45, 2.75) is 13.3 Å². The first-order valence-corrected chi connectivity index (χ1v) is 5.29. The Balaban J connectivity index is 2.50. The third kappa shape index (κ3) is 1.64. The highest BCUT2D eigenvalue weighted by Crippen LogP contribution is 2.24. The Morgan fingerprint density at radius 2 is 2.12 bits per heavy atom. The average molecular weight is 214 g/mol. The van der Waals surface area contributed by atoms with E-state index in [0.29, 0.717) is 6.54 Å². The maximum Gasteiger partial charge on any atom is 0.0482 e. The van der Waals surface area contributed by atoms with Crippen LogP contribution in [0.3, 0.4) is 0 Å². The third-order valence-corrected chi connectivity index (χ3v) is 3.06. The van der Waals surface area contributed by atoms with Gasteiger partial charge in [-0.05, 0) is 30.5 Å². The van der Waals surface area contributed by atoms with E-state index in [9.17, 15) is 0 Å². The minimum absolute atomic E-state index is 0.519. The molecule has 2 rings (SSSR count). The summed E-state index contributed by atoms with van der Waals surface area (Å²) in [6.45, 7) is 2.62. The van der Waals surface area contributed by atoms with E-state index >= 15 is 0 Å². The van der Waals surface area contributed by atoms with E-state index in [1.807, 2.05) is 12.1 Å². The van der Waals surface area contributed by atoms with E-state index in [1.54, 1.807) is 0 Å². The first-order valence-electron chi connectivity index (χ1n) is 5.29. The van der Waals surface area contributed by atoms with Crippen molar-refractivity contribution in [3.8, 4) is 0 Å². The molecule has 0 saturated heterocycles. The molecule has 0 radical (unpaired) electrons. The molecule has 4 heteroatoms. The van der Waals surface area contributed by atoms with Crippen LogP contribution in [0.1, 0.15) is 11.3 Å². The van der Waals surface area contributed by atoms with Crippen molar-refractivity contribution < 1.29 is 0 Å². The van der Waals surface area contributed by atoms with E-state index in [4.69, 9.17) is 5.53 Å². The standard InChI is InChI=1S/C12H14N4/c1-9-10(7-8-14-15-13)11-5-3-4-6-12(11)16(9)2/h3-6H,7-8H2,1-2H3. The van der Waals surface area contributed by atoms with Crippen LogP contribution in [0.25, 0.3) is 21.3 Å². The molecule has 82 valence electrons. The van der Waals surface area contributed by atoms with Crippen molar-refractivity contribution in [1.82, 2.24) is 4.57 Å². The molecule has 0 unspecified atom stereocenters. The van der Waals surface area contributed by atoms with Crippen LogP contribution in [0.4, 0.5) is 0 Å². The molecule has 0 N–H and O–H groups in total. The summed E-state index contributed by atoms with van der Waals surface area (Å²) >= 11 is 0. The van der Waals surface area contributed by atoms with Gasteiger partial charge in [0.1, 0.15) is 0 Å². The maximum atomic E-state index is 8.29. The van der Waals surface area contributed by atoms with Crippen molar-refractivity contribution in [3.05, 3.63) is 46.0 Å². The van der Waals surface area contributed by atoms with Crippen molar-refractivity contribution >= 4 is 10.9 Å². The molecule has 1 aromatic heterocycles. The molecule has 0 amide bonds. The summed E-state index contributed by atoms with van der Waals surface area (Å²) in [4.78, 5) is 2.79. The predicted octanol–water partition coefficient (Wildman–Crippen LogP) is 3.34. The van der Waals surface area contributed by atoms with Gasteiger partial charge in [-0.15, -0.1) is 0 Å². The Hall–Kier alpha value is -1.93. The van der Waals surface area contributed by atoms with Gasteiger partial charge in [0.2, 0.25) is 0 Å². The molecule has 0 aliphatic heterocycles. The van der Waals surface area contributed by atoms with Crippen molar-refractivity contribution in [3.63, 3.8) is 0 Å². The fourth-order valence-electron chi connectivity index (χ4n) is 2.12. The lowest BCUT2D eigenvalue weighted by Gasteiger charge is -1.99. The van der Waals surface area contributed by atoms with Gasteiger partial charge in [-0.2, -0.15) is 0 Å². The second-order valence-electron chi connectivity index (χ2n) is 3.84. The van der Waals surface area contributed by atoms with E-state index in [0.717, 1.165) is 6.42 Å². The number of azide groups is 1. The number of hydrogen-bond donors (Lipinski definition) is 0. The van der Waals surface area contributed by atoms with Gasteiger partial charge >= 0.3 is 0 Å². The summed E-state index contributed by atoms with van der Waals surface area (Å²) in [6, 6.07) is 8.31. The highest BCUT2D eigenvalue weighted by Gasteiger charge is 2.09. The molecule has 1 heterocycles. The average Bonchev–Trinajstić information content (AvgIpc) is 2.55. The molecule has 0 spiro atoms. The van der Waals surface area contributed by atoms with Gasteiger partial charge in [-0.1, -0.05) is 23.3 Å². The summed E-state index contributed by atoms with van der Waals surface area (Å²) < 4.78 is 2.18. The zero-order valence-corrected chi connectivity index (χ0v) is 9.51. The second kappa shape index (κ2) is 4.29. The highest BCUT2D eigenvalue weighted by molar-refractivity contribution is 5.85. The quantitative estimate of drug-likeness (QED) is 0.427. The number of aryl methyl sites for hydroxylation is 1. The Morgan fingerprint density at radius 1 is 1.38 bits per heavy atom. The minimum atomic E-state index is 0.519. The third-order valence-electron chi connectivity index (χ3n) is 3.06. The van der Waals surface area contributed by atoms with Gasteiger partial charge in [0, 0.05) is 35.1 Å². The number of benzene rings is 1. The van der Waals surface area contributed by atoms with E-state index < -0.39 is 0 Å². The predicted molar refractivity (Wildman–Crippen MR) is 65.4 cm³/mol. The largest absolute Gasteiger partial charge is 0.348 e. The Labute approximate surface area is 94.1 Å². The molecule has 0 aliphatic carbocycles. The molecule has 2 aromatic rings. The van der Waals surface area contributed by atoms with E-state index in [-0.39, 0.29) is 0 Å². The minimum Gasteiger partial charge on any atom is -0.348 e. The number of fused-ring (bicyclic) bond motifs is 1. The van der Waals surface area contributed by atoms with Crippen LogP contribution in [0.15, 0.2) is 29.4 Å². The van der Waals surface area contributed by atoms with Gasteiger partial charge < -0.3 is 4.57 Å². The smallest absolute Gasteiger partial charge is 0.0482 e. The van der Waals surface area contributed by atoms with Gasteiger partial charge in [0.05, 0.1) is 0 Å². The Kier molecular flexibility index (Phi) is 2.84. The molecule has 1 aromatic carbocycles. The van der Waals surface area contributed by atoms with Crippen LogP contribution >= 0.6 is 0 Å². The van der Waals surface area contributed by atoms with E-state index in [2.05, 4.69) is 40.7 Å². The first kappa shape index (κ1) is 10.6. The Morgan fingerprint density at radius 3 is 2.88 bits per heavy atom. The fourth-order valence-corrected chi connectivity index (χ4v) is 2.12. The Bertz CT molecular complexity index is 562. The van der Waals surface area contributed by atoms with Gasteiger partial charge in [-0.25, -0.2) is 0 Å². The summed E-state index contributed by atoms with van der Waals surface area (Å²) in [6.07, 6.45) is 0.803. The lowest BCUT2D eigenvalue weighted by atomic mass is 10.1. The molecule has 0 atom stereocenters. The van der Waals surface area contributed by atoms with E-state index in [1.165, 1.54) is 22.2 Å².